The third-order valence-corrected chi connectivity index (χ3v) is 4.46. The average Bonchev–Trinajstić information content (AvgIpc) is 2.89. The SMILES string of the molecule is CC(C)NC(=O)Nc1ccc(Oc2nc3ccc(Br)cc3s2)cc1. The van der Waals surface area contributed by atoms with Crippen molar-refractivity contribution in [2.24, 2.45) is 0 Å². The highest BCUT2D eigenvalue weighted by atomic mass is 79.9. The molecule has 124 valence electrons. The number of aromatic nitrogens is 1. The quantitative estimate of drug-likeness (QED) is 0.612. The van der Waals surface area contributed by atoms with Crippen molar-refractivity contribution in [2.45, 2.75) is 19.9 Å². The van der Waals surface area contributed by atoms with E-state index < -0.39 is 0 Å². The lowest BCUT2D eigenvalue weighted by molar-refractivity contribution is 0.250. The maximum absolute atomic E-state index is 11.7. The molecule has 3 aromatic rings. The molecule has 0 saturated heterocycles. The van der Waals surface area contributed by atoms with Crippen molar-refractivity contribution in [3.8, 4) is 10.9 Å². The Balaban J connectivity index is 1.67. The lowest BCUT2D eigenvalue weighted by Crippen LogP contribution is -2.34. The molecule has 0 spiro atoms. The molecule has 0 radical (unpaired) electrons. The normalized spacial score (nSPS) is 10.8. The number of carbonyl (C=O) groups is 1. The Morgan fingerprint density at radius 2 is 1.96 bits per heavy atom. The molecule has 2 aromatic carbocycles. The summed E-state index contributed by atoms with van der Waals surface area (Å²) in [5, 5.41) is 6.12. The standard InChI is InChI=1S/C17H16BrN3O2S/c1-10(2)19-16(22)20-12-4-6-13(7-5-12)23-17-21-14-8-3-11(18)9-15(14)24-17/h3-10H,1-2H3,(H2,19,20,22). The predicted molar refractivity (Wildman–Crippen MR) is 101 cm³/mol. The molecule has 0 bridgehead atoms. The molecule has 0 aliphatic heterocycles. The van der Waals surface area contributed by atoms with Crippen molar-refractivity contribution in [1.82, 2.24) is 10.3 Å². The second-order valence-electron chi connectivity index (χ2n) is 5.47. The predicted octanol–water partition coefficient (Wildman–Crippen LogP) is 5.38. The van der Waals surface area contributed by atoms with Gasteiger partial charge < -0.3 is 15.4 Å². The number of nitrogens with one attached hydrogen (secondary N) is 2. The number of fused-ring (bicyclic) bond motifs is 1. The summed E-state index contributed by atoms with van der Waals surface area (Å²) in [4.78, 5) is 16.1. The Morgan fingerprint density at radius 3 is 2.67 bits per heavy atom. The van der Waals surface area contributed by atoms with Crippen LogP contribution in [0.1, 0.15) is 13.8 Å². The van der Waals surface area contributed by atoms with Gasteiger partial charge in [-0.05, 0) is 56.3 Å². The molecule has 0 aliphatic carbocycles. The third-order valence-electron chi connectivity index (χ3n) is 3.07. The van der Waals surface area contributed by atoms with Crippen LogP contribution in [-0.2, 0) is 0 Å². The number of carbonyl (C=O) groups excluding carboxylic acids is 1. The van der Waals surface area contributed by atoms with Crippen molar-refractivity contribution in [3.63, 3.8) is 0 Å². The Bertz CT molecular complexity index is 862. The average molecular weight is 406 g/mol. The number of nitrogens with zero attached hydrogens (tertiary/aromatic N) is 1. The molecule has 5 nitrogen and oxygen atoms in total. The van der Waals surface area contributed by atoms with E-state index in [1.54, 1.807) is 24.3 Å². The smallest absolute Gasteiger partial charge is 0.319 e. The number of anilines is 1. The van der Waals surface area contributed by atoms with Gasteiger partial charge in [0.1, 0.15) is 5.75 Å². The highest BCUT2D eigenvalue weighted by molar-refractivity contribution is 9.10. The van der Waals surface area contributed by atoms with Crippen LogP contribution in [0.2, 0.25) is 0 Å². The Labute approximate surface area is 152 Å². The van der Waals surface area contributed by atoms with Crippen LogP contribution in [0.15, 0.2) is 46.9 Å². The highest BCUT2D eigenvalue weighted by Crippen LogP contribution is 2.33. The van der Waals surface area contributed by atoms with Gasteiger partial charge in [-0.1, -0.05) is 27.3 Å². The van der Waals surface area contributed by atoms with Crippen LogP contribution in [0, 0.1) is 0 Å². The molecule has 3 rings (SSSR count). The number of benzene rings is 2. The maximum atomic E-state index is 11.7. The summed E-state index contributed by atoms with van der Waals surface area (Å²) in [5.74, 6) is 0.669. The largest absolute Gasteiger partial charge is 0.431 e. The number of hydrogen-bond donors (Lipinski definition) is 2. The summed E-state index contributed by atoms with van der Waals surface area (Å²) < 4.78 is 7.86. The minimum Gasteiger partial charge on any atom is -0.431 e. The lowest BCUT2D eigenvalue weighted by atomic mass is 10.3. The molecule has 0 unspecified atom stereocenters. The molecule has 24 heavy (non-hydrogen) atoms. The van der Waals surface area contributed by atoms with Gasteiger partial charge in [-0.3, -0.25) is 0 Å². The molecule has 0 atom stereocenters. The maximum Gasteiger partial charge on any atom is 0.319 e. The number of urea groups is 1. The molecule has 1 aromatic heterocycles. The van der Waals surface area contributed by atoms with Gasteiger partial charge >= 0.3 is 6.03 Å². The second kappa shape index (κ2) is 7.19. The second-order valence-corrected chi connectivity index (χ2v) is 7.38. The van der Waals surface area contributed by atoms with Gasteiger partial charge in [0.15, 0.2) is 0 Å². The van der Waals surface area contributed by atoms with Gasteiger partial charge in [0.25, 0.3) is 5.19 Å². The summed E-state index contributed by atoms with van der Waals surface area (Å²) in [6.07, 6.45) is 0. The number of amides is 2. The summed E-state index contributed by atoms with van der Waals surface area (Å²) >= 11 is 4.93. The molecule has 1 heterocycles. The Hall–Kier alpha value is -2.12. The fourth-order valence-corrected chi connectivity index (χ4v) is 3.44. The van der Waals surface area contributed by atoms with E-state index in [9.17, 15) is 4.79 Å². The van der Waals surface area contributed by atoms with Crippen LogP contribution in [-0.4, -0.2) is 17.1 Å². The van der Waals surface area contributed by atoms with E-state index in [2.05, 4.69) is 31.5 Å². The van der Waals surface area contributed by atoms with Crippen molar-refractivity contribution in [3.05, 3.63) is 46.9 Å². The highest BCUT2D eigenvalue weighted by Gasteiger charge is 2.07. The zero-order valence-corrected chi connectivity index (χ0v) is 15.6. The van der Waals surface area contributed by atoms with E-state index in [0.717, 1.165) is 14.7 Å². The topological polar surface area (TPSA) is 63.2 Å². The molecule has 2 N–H and O–H groups in total. The van der Waals surface area contributed by atoms with Gasteiger partial charge in [-0.2, -0.15) is 0 Å². The minimum absolute atomic E-state index is 0.0895. The first-order valence-corrected chi connectivity index (χ1v) is 9.02. The van der Waals surface area contributed by atoms with Crippen molar-refractivity contribution in [1.29, 1.82) is 0 Å². The number of halogens is 1. The molecular formula is C17H16BrN3O2S. The van der Waals surface area contributed by atoms with Crippen LogP contribution >= 0.6 is 27.3 Å². The van der Waals surface area contributed by atoms with E-state index in [1.807, 2.05) is 32.0 Å². The van der Waals surface area contributed by atoms with E-state index in [4.69, 9.17) is 4.74 Å². The summed E-state index contributed by atoms with van der Waals surface area (Å²) in [5.41, 5.74) is 1.61. The monoisotopic (exact) mass is 405 g/mol. The van der Waals surface area contributed by atoms with Gasteiger partial charge in [0.2, 0.25) is 0 Å². The Morgan fingerprint density at radius 1 is 1.21 bits per heavy atom. The molecule has 0 fully saturated rings. The van der Waals surface area contributed by atoms with Gasteiger partial charge in [0.05, 0.1) is 10.2 Å². The fraction of sp³-hybridized carbons (Fsp3) is 0.176. The van der Waals surface area contributed by atoms with Crippen molar-refractivity contribution in [2.75, 3.05) is 5.32 Å². The van der Waals surface area contributed by atoms with E-state index >= 15 is 0 Å². The summed E-state index contributed by atoms with van der Waals surface area (Å²) in [6, 6.07) is 13.0. The van der Waals surface area contributed by atoms with E-state index in [-0.39, 0.29) is 12.1 Å². The number of thiazole rings is 1. The summed E-state index contributed by atoms with van der Waals surface area (Å²) in [7, 11) is 0. The third kappa shape index (κ3) is 4.24. The molecule has 2 amide bonds. The molecule has 0 saturated carbocycles. The van der Waals surface area contributed by atoms with Crippen LogP contribution in [0.4, 0.5) is 10.5 Å². The molecule has 0 aliphatic rings. The van der Waals surface area contributed by atoms with Gasteiger partial charge in [0, 0.05) is 16.2 Å². The van der Waals surface area contributed by atoms with Crippen molar-refractivity contribution >= 4 is 49.2 Å². The number of rotatable bonds is 4. The van der Waals surface area contributed by atoms with Gasteiger partial charge in [-0.15, -0.1) is 0 Å². The first-order chi connectivity index (χ1) is 11.5. The molecule has 7 heteroatoms. The van der Waals surface area contributed by atoms with E-state index in [1.165, 1.54) is 11.3 Å². The zero-order chi connectivity index (χ0) is 17.1. The minimum atomic E-state index is -0.226. The van der Waals surface area contributed by atoms with Gasteiger partial charge in [-0.25, -0.2) is 9.78 Å². The fourth-order valence-electron chi connectivity index (χ4n) is 2.06. The van der Waals surface area contributed by atoms with E-state index in [0.29, 0.717) is 16.6 Å². The van der Waals surface area contributed by atoms with Crippen LogP contribution in [0.5, 0.6) is 10.9 Å². The zero-order valence-electron chi connectivity index (χ0n) is 13.2. The Kier molecular flexibility index (Phi) is 5.01. The molecular weight excluding hydrogens is 390 g/mol. The number of hydrogen-bond acceptors (Lipinski definition) is 4. The first kappa shape index (κ1) is 16.7. The first-order valence-electron chi connectivity index (χ1n) is 7.41. The van der Waals surface area contributed by atoms with Crippen LogP contribution in [0.25, 0.3) is 10.2 Å². The van der Waals surface area contributed by atoms with Crippen LogP contribution < -0.4 is 15.4 Å². The lowest BCUT2D eigenvalue weighted by Gasteiger charge is -2.10. The number of ether oxygens (including phenoxy) is 1. The van der Waals surface area contributed by atoms with Crippen molar-refractivity contribution < 1.29 is 9.53 Å². The van der Waals surface area contributed by atoms with Crippen LogP contribution in [0.3, 0.4) is 0 Å². The summed E-state index contributed by atoms with van der Waals surface area (Å²) in [6.45, 7) is 3.82.